The summed E-state index contributed by atoms with van der Waals surface area (Å²) in [5.74, 6) is 0.193. The van der Waals surface area contributed by atoms with Gasteiger partial charge in [-0.15, -0.1) is 0 Å². The van der Waals surface area contributed by atoms with E-state index in [0.717, 1.165) is 17.7 Å². The normalized spacial score (nSPS) is 12.5. The molecule has 1 N–H and O–H groups in total. The number of sulfonamides is 1. The smallest absolute Gasteiger partial charge is 0.280 e. The van der Waals surface area contributed by atoms with Crippen LogP contribution < -0.4 is 4.72 Å². The Bertz CT molecular complexity index is 849. The number of anilines is 1. The van der Waals surface area contributed by atoms with E-state index in [2.05, 4.69) is 20.7 Å². The molecule has 0 saturated heterocycles. The summed E-state index contributed by atoms with van der Waals surface area (Å²) in [4.78, 5) is -0.451. The van der Waals surface area contributed by atoms with Gasteiger partial charge in [0.05, 0.1) is 10.5 Å². The number of alkyl halides is 3. The Hall–Kier alpha value is -1.54. The summed E-state index contributed by atoms with van der Waals surface area (Å²) >= 11 is 2.79. The minimum Gasteiger partial charge on any atom is -0.280 e. The molecule has 130 valence electrons. The maximum absolute atomic E-state index is 12.9. The lowest BCUT2D eigenvalue weighted by molar-refractivity contribution is -0.138. The molecule has 0 aliphatic carbocycles. The minimum atomic E-state index is -4.65. The van der Waals surface area contributed by atoms with Crippen molar-refractivity contribution in [2.75, 3.05) is 4.72 Å². The summed E-state index contributed by atoms with van der Waals surface area (Å²) < 4.78 is 65.7. The van der Waals surface area contributed by atoms with Crippen molar-refractivity contribution in [3.05, 3.63) is 58.1 Å². The fourth-order valence-corrected chi connectivity index (χ4v) is 3.61. The van der Waals surface area contributed by atoms with E-state index < -0.39 is 26.7 Å². The minimum absolute atomic E-state index is 0.193. The zero-order chi connectivity index (χ0) is 18.1. The standard InChI is InChI=1S/C16H15BrF3NO2S/c1-10(2)11-4-3-5-12(8-11)21-24(22,23)13-6-7-15(17)14(9-13)16(18,19)20/h3-10,21H,1-2H3. The van der Waals surface area contributed by atoms with E-state index in [1.807, 2.05) is 19.9 Å². The zero-order valence-corrected chi connectivity index (χ0v) is 15.3. The fourth-order valence-electron chi connectivity index (χ4n) is 2.06. The van der Waals surface area contributed by atoms with Crippen LogP contribution in [-0.2, 0) is 16.2 Å². The van der Waals surface area contributed by atoms with Gasteiger partial charge in [0.2, 0.25) is 0 Å². The van der Waals surface area contributed by atoms with Gasteiger partial charge in [-0.2, -0.15) is 13.2 Å². The Morgan fingerprint density at radius 3 is 2.33 bits per heavy atom. The largest absolute Gasteiger partial charge is 0.417 e. The molecule has 0 radical (unpaired) electrons. The Balaban J connectivity index is 2.40. The molecule has 24 heavy (non-hydrogen) atoms. The van der Waals surface area contributed by atoms with Crippen molar-refractivity contribution < 1.29 is 21.6 Å². The van der Waals surface area contributed by atoms with Crippen LogP contribution in [0.5, 0.6) is 0 Å². The van der Waals surface area contributed by atoms with Crippen LogP contribution in [0.4, 0.5) is 18.9 Å². The molecule has 0 amide bonds. The van der Waals surface area contributed by atoms with Gasteiger partial charge >= 0.3 is 6.18 Å². The Labute approximate surface area is 147 Å². The van der Waals surface area contributed by atoms with Gasteiger partial charge in [0.15, 0.2) is 0 Å². The highest BCUT2D eigenvalue weighted by molar-refractivity contribution is 9.10. The molecule has 0 aliphatic rings. The van der Waals surface area contributed by atoms with Crippen LogP contribution in [-0.4, -0.2) is 8.42 Å². The highest BCUT2D eigenvalue weighted by Gasteiger charge is 2.34. The van der Waals surface area contributed by atoms with E-state index in [4.69, 9.17) is 0 Å². The second-order valence-electron chi connectivity index (χ2n) is 5.53. The Morgan fingerprint density at radius 1 is 1.08 bits per heavy atom. The van der Waals surface area contributed by atoms with Gasteiger partial charge in [0.1, 0.15) is 0 Å². The van der Waals surface area contributed by atoms with E-state index in [9.17, 15) is 21.6 Å². The number of rotatable bonds is 4. The average molecular weight is 422 g/mol. The van der Waals surface area contributed by atoms with E-state index in [1.165, 1.54) is 0 Å². The fraction of sp³-hybridized carbons (Fsp3) is 0.250. The summed E-state index contributed by atoms with van der Waals surface area (Å²) in [5.41, 5.74) is 0.181. The lowest BCUT2D eigenvalue weighted by atomic mass is 10.0. The third kappa shape index (κ3) is 4.30. The summed E-state index contributed by atoms with van der Waals surface area (Å²) in [6.07, 6.45) is -4.65. The van der Waals surface area contributed by atoms with Crippen molar-refractivity contribution in [2.24, 2.45) is 0 Å². The summed E-state index contributed by atoms with van der Waals surface area (Å²) in [5, 5.41) is 0. The molecule has 8 heteroatoms. The molecule has 2 aromatic carbocycles. The number of hydrogen-bond acceptors (Lipinski definition) is 2. The molecule has 0 fully saturated rings. The first kappa shape index (κ1) is 18.8. The number of benzene rings is 2. The van der Waals surface area contributed by atoms with Crippen LogP contribution in [0, 0.1) is 0 Å². The van der Waals surface area contributed by atoms with Crippen molar-refractivity contribution >= 4 is 31.6 Å². The molecule has 0 bridgehead atoms. The molecule has 0 spiro atoms. The molecule has 0 aliphatic heterocycles. The number of halogens is 4. The van der Waals surface area contributed by atoms with Gasteiger partial charge in [-0.1, -0.05) is 41.9 Å². The monoisotopic (exact) mass is 421 g/mol. The van der Waals surface area contributed by atoms with Crippen molar-refractivity contribution in [3.63, 3.8) is 0 Å². The van der Waals surface area contributed by atoms with Crippen molar-refractivity contribution in [2.45, 2.75) is 30.8 Å². The zero-order valence-electron chi connectivity index (χ0n) is 12.9. The van der Waals surface area contributed by atoms with Gasteiger partial charge < -0.3 is 0 Å². The number of nitrogens with one attached hydrogen (secondary N) is 1. The molecule has 3 nitrogen and oxygen atoms in total. The highest BCUT2D eigenvalue weighted by Crippen LogP contribution is 2.36. The molecule has 0 heterocycles. The van der Waals surface area contributed by atoms with Crippen LogP contribution in [0.25, 0.3) is 0 Å². The van der Waals surface area contributed by atoms with Crippen molar-refractivity contribution in [3.8, 4) is 0 Å². The lowest BCUT2D eigenvalue weighted by Gasteiger charge is -2.13. The van der Waals surface area contributed by atoms with Crippen LogP contribution in [0.15, 0.2) is 51.8 Å². The van der Waals surface area contributed by atoms with E-state index in [1.54, 1.807) is 18.2 Å². The molecule has 2 aromatic rings. The summed E-state index contributed by atoms with van der Waals surface area (Å²) in [6.45, 7) is 3.91. The second kappa shape index (κ2) is 6.76. The quantitative estimate of drug-likeness (QED) is 0.718. The highest BCUT2D eigenvalue weighted by atomic mass is 79.9. The average Bonchev–Trinajstić information content (AvgIpc) is 2.46. The van der Waals surface area contributed by atoms with Crippen molar-refractivity contribution in [1.82, 2.24) is 0 Å². The molecule has 0 saturated carbocycles. The topological polar surface area (TPSA) is 46.2 Å². The molecule has 0 unspecified atom stereocenters. The van der Waals surface area contributed by atoms with Crippen LogP contribution in [0.2, 0.25) is 0 Å². The van der Waals surface area contributed by atoms with Gasteiger partial charge in [-0.25, -0.2) is 8.42 Å². The molecule has 0 atom stereocenters. The van der Waals surface area contributed by atoms with Gasteiger partial charge in [-0.05, 0) is 41.8 Å². The Kier molecular flexibility index (Phi) is 5.29. The molecule has 0 aromatic heterocycles. The first-order valence-corrected chi connectivity index (χ1v) is 9.28. The van der Waals surface area contributed by atoms with Crippen LogP contribution in [0.1, 0.15) is 30.9 Å². The van der Waals surface area contributed by atoms with E-state index in [0.29, 0.717) is 11.8 Å². The predicted octanol–water partition coefficient (Wildman–Crippen LogP) is 5.39. The summed E-state index contributed by atoms with van der Waals surface area (Å²) in [6, 6.07) is 9.55. The summed E-state index contributed by atoms with van der Waals surface area (Å²) in [7, 11) is -4.13. The van der Waals surface area contributed by atoms with Gasteiger partial charge in [0, 0.05) is 10.2 Å². The van der Waals surface area contributed by atoms with Gasteiger partial charge in [-0.3, -0.25) is 4.72 Å². The number of hydrogen-bond donors (Lipinski definition) is 1. The SMILES string of the molecule is CC(C)c1cccc(NS(=O)(=O)c2ccc(Br)c(C(F)(F)F)c2)c1. The first-order chi connectivity index (χ1) is 11.0. The predicted molar refractivity (Wildman–Crippen MR) is 90.5 cm³/mol. The second-order valence-corrected chi connectivity index (χ2v) is 8.06. The third-order valence-electron chi connectivity index (χ3n) is 3.36. The molecular formula is C16H15BrF3NO2S. The Morgan fingerprint density at radius 2 is 1.75 bits per heavy atom. The third-order valence-corrected chi connectivity index (χ3v) is 5.43. The van der Waals surface area contributed by atoms with Crippen LogP contribution >= 0.6 is 15.9 Å². The van der Waals surface area contributed by atoms with Crippen molar-refractivity contribution in [1.29, 1.82) is 0 Å². The maximum atomic E-state index is 12.9. The first-order valence-electron chi connectivity index (χ1n) is 7.00. The van der Waals surface area contributed by atoms with Crippen LogP contribution in [0.3, 0.4) is 0 Å². The molecule has 2 rings (SSSR count). The van der Waals surface area contributed by atoms with Gasteiger partial charge in [0.25, 0.3) is 10.0 Å². The van der Waals surface area contributed by atoms with E-state index >= 15 is 0 Å². The lowest BCUT2D eigenvalue weighted by Crippen LogP contribution is -2.15. The van der Waals surface area contributed by atoms with E-state index in [-0.39, 0.29) is 10.4 Å². The maximum Gasteiger partial charge on any atom is 0.417 e. The molecular weight excluding hydrogens is 407 g/mol.